The molecule has 90 valence electrons. The minimum atomic E-state index is -0.253. The molecule has 0 N–H and O–H groups in total. The Morgan fingerprint density at radius 1 is 1.47 bits per heavy atom. The Morgan fingerprint density at radius 3 is 2.88 bits per heavy atom. The summed E-state index contributed by atoms with van der Waals surface area (Å²) in [5, 5.41) is 0. The van der Waals surface area contributed by atoms with Crippen molar-refractivity contribution in [1.29, 1.82) is 0 Å². The number of ether oxygens (including phenoxy) is 1. The van der Waals surface area contributed by atoms with Gasteiger partial charge in [-0.3, -0.25) is 4.79 Å². The molecule has 1 heterocycles. The van der Waals surface area contributed by atoms with E-state index in [0.29, 0.717) is 0 Å². The van der Waals surface area contributed by atoms with E-state index in [-0.39, 0.29) is 18.3 Å². The Morgan fingerprint density at radius 2 is 2.24 bits per heavy atom. The molecular weight excluding hydrogens is 218 g/mol. The second-order valence-electron chi connectivity index (χ2n) is 4.26. The number of carbonyl (C=O) groups is 1. The number of carbonyl (C=O) groups excluding carboxylic acids is 1. The highest BCUT2D eigenvalue weighted by atomic mass is 16.5. The number of benzene rings is 1. The van der Waals surface area contributed by atoms with Crippen molar-refractivity contribution in [3.63, 3.8) is 0 Å². The molecule has 2 rings (SSSR count). The third kappa shape index (κ3) is 2.46. The first-order valence-electron chi connectivity index (χ1n) is 5.56. The van der Waals surface area contributed by atoms with E-state index >= 15 is 0 Å². The molecule has 0 bridgehead atoms. The molecule has 1 aromatic carbocycles. The third-order valence-corrected chi connectivity index (χ3v) is 2.54. The first-order chi connectivity index (χ1) is 8.10. The van der Waals surface area contributed by atoms with E-state index in [1.165, 1.54) is 7.11 Å². The summed E-state index contributed by atoms with van der Waals surface area (Å²) in [4.78, 5) is 15.6. The van der Waals surface area contributed by atoms with Crippen LogP contribution >= 0.6 is 0 Å². The molecule has 0 aliphatic heterocycles. The van der Waals surface area contributed by atoms with E-state index in [0.717, 1.165) is 22.6 Å². The zero-order valence-corrected chi connectivity index (χ0v) is 10.2. The van der Waals surface area contributed by atoms with Gasteiger partial charge in [0.1, 0.15) is 5.52 Å². The molecule has 0 aliphatic rings. The average Bonchev–Trinajstić information content (AvgIpc) is 2.72. The lowest BCUT2D eigenvalue weighted by Crippen LogP contribution is -2.04. The number of hydrogen-bond acceptors (Lipinski definition) is 4. The predicted octanol–water partition coefficient (Wildman–Crippen LogP) is 2.67. The van der Waals surface area contributed by atoms with Gasteiger partial charge in [-0.05, 0) is 17.7 Å². The van der Waals surface area contributed by atoms with Gasteiger partial charge in [-0.15, -0.1) is 0 Å². The molecule has 0 atom stereocenters. The van der Waals surface area contributed by atoms with Crippen molar-refractivity contribution < 1.29 is 13.9 Å². The Balaban J connectivity index is 2.33. The Kier molecular flexibility index (Phi) is 3.13. The summed E-state index contributed by atoms with van der Waals surface area (Å²) >= 11 is 0. The number of aromatic nitrogens is 1. The normalized spacial score (nSPS) is 11.1. The Labute approximate surface area is 99.6 Å². The fourth-order valence-corrected chi connectivity index (χ4v) is 1.59. The van der Waals surface area contributed by atoms with Crippen LogP contribution in [0.1, 0.15) is 31.2 Å². The molecule has 0 saturated carbocycles. The molecular formula is C13H15NO3. The minimum Gasteiger partial charge on any atom is -0.469 e. The summed E-state index contributed by atoms with van der Waals surface area (Å²) in [5.74, 6) is 0.721. The number of rotatable bonds is 3. The fraction of sp³-hybridized carbons (Fsp3) is 0.385. The first-order valence-corrected chi connectivity index (χ1v) is 5.56. The largest absolute Gasteiger partial charge is 0.469 e. The number of esters is 1. The van der Waals surface area contributed by atoms with E-state index in [2.05, 4.69) is 9.72 Å². The SMILES string of the molecule is COC(=O)Cc1ccc2oc(C(C)C)nc2c1. The second-order valence-corrected chi connectivity index (χ2v) is 4.26. The highest BCUT2D eigenvalue weighted by Gasteiger charge is 2.10. The molecule has 4 nitrogen and oxygen atoms in total. The van der Waals surface area contributed by atoms with Crippen LogP contribution in [0.2, 0.25) is 0 Å². The van der Waals surface area contributed by atoms with Crippen molar-refractivity contribution in [2.24, 2.45) is 0 Å². The summed E-state index contributed by atoms with van der Waals surface area (Å²) < 4.78 is 10.2. The van der Waals surface area contributed by atoms with Crippen molar-refractivity contribution in [3.05, 3.63) is 29.7 Å². The van der Waals surface area contributed by atoms with Gasteiger partial charge in [0.05, 0.1) is 13.5 Å². The molecule has 0 aliphatic carbocycles. The van der Waals surface area contributed by atoms with E-state index in [1.807, 2.05) is 32.0 Å². The van der Waals surface area contributed by atoms with Gasteiger partial charge in [0, 0.05) is 5.92 Å². The van der Waals surface area contributed by atoms with Crippen LogP contribution in [-0.4, -0.2) is 18.1 Å². The van der Waals surface area contributed by atoms with Crippen LogP contribution in [0.25, 0.3) is 11.1 Å². The molecule has 17 heavy (non-hydrogen) atoms. The average molecular weight is 233 g/mol. The lowest BCUT2D eigenvalue weighted by molar-refractivity contribution is -0.139. The van der Waals surface area contributed by atoms with Crippen molar-refractivity contribution in [1.82, 2.24) is 4.98 Å². The summed E-state index contributed by atoms with van der Waals surface area (Å²) in [6.45, 7) is 4.06. The molecule has 0 spiro atoms. The van der Waals surface area contributed by atoms with Crippen LogP contribution in [0.15, 0.2) is 22.6 Å². The standard InChI is InChI=1S/C13H15NO3/c1-8(2)13-14-10-6-9(7-12(15)16-3)4-5-11(10)17-13/h4-6,8H,7H2,1-3H3. The van der Waals surface area contributed by atoms with Crippen molar-refractivity contribution in [2.75, 3.05) is 7.11 Å². The van der Waals surface area contributed by atoms with E-state index in [4.69, 9.17) is 4.42 Å². The van der Waals surface area contributed by atoms with Gasteiger partial charge in [0.25, 0.3) is 0 Å². The maximum absolute atomic E-state index is 11.2. The molecule has 0 saturated heterocycles. The monoisotopic (exact) mass is 233 g/mol. The summed E-state index contributed by atoms with van der Waals surface area (Å²) in [6, 6.07) is 5.56. The summed E-state index contributed by atoms with van der Waals surface area (Å²) in [7, 11) is 1.38. The molecule has 1 aromatic heterocycles. The van der Waals surface area contributed by atoms with Crippen LogP contribution in [0.5, 0.6) is 0 Å². The molecule has 0 fully saturated rings. The molecule has 4 heteroatoms. The van der Waals surface area contributed by atoms with E-state index < -0.39 is 0 Å². The van der Waals surface area contributed by atoms with E-state index in [1.54, 1.807) is 0 Å². The van der Waals surface area contributed by atoms with Crippen LogP contribution in [0, 0.1) is 0 Å². The van der Waals surface area contributed by atoms with Gasteiger partial charge in [0.15, 0.2) is 11.5 Å². The highest BCUT2D eigenvalue weighted by Crippen LogP contribution is 2.22. The lowest BCUT2D eigenvalue weighted by atomic mass is 10.1. The Hall–Kier alpha value is -1.84. The summed E-state index contributed by atoms with van der Waals surface area (Å²) in [6.07, 6.45) is 0.260. The number of methoxy groups -OCH3 is 1. The predicted molar refractivity (Wildman–Crippen MR) is 63.8 cm³/mol. The summed E-state index contributed by atoms with van der Waals surface area (Å²) in [5.41, 5.74) is 2.42. The van der Waals surface area contributed by atoms with Crippen LogP contribution in [-0.2, 0) is 16.0 Å². The third-order valence-electron chi connectivity index (χ3n) is 2.54. The Bertz CT molecular complexity index is 543. The quantitative estimate of drug-likeness (QED) is 0.765. The maximum atomic E-state index is 11.2. The maximum Gasteiger partial charge on any atom is 0.309 e. The smallest absolute Gasteiger partial charge is 0.309 e. The topological polar surface area (TPSA) is 52.3 Å². The van der Waals surface area contributed by atoms with Gasteiger partial charge in [-0.2, -0.15) is 0 Å². The van der Waals surface area contributed by atoms with Crippen molar-refractivity contribution in [2.45, 2.75) is 26.2 Å². The number of nitrogens with zero attached hydrogens (tertiary/aromatic N) is 1. The number of oxazole rings is 1. The molecule has 0 unspecified atom stereocenters. The van der Waals surface area contributed by atoms with Gasteiger partial charge in [0.2, 0.25) is 0 Å². The fourth-order valence-electron chi connectivity index (χ4n) is 1.59. The molecule has 0 radical (unpaired) electrons. The minimum absolute atomic E-state index is 0.253. The molecule has 2 aromatic rings. The lowest BCUT2D eigenvalue weighted by Gasteiger charge is -1.98. The van der Waals surface area contributed by atoms with Crippen molar-refractivity contribution in [3.8, 4) is 0 Å². The van der Waals surface area contributed by atoms with Gasteiger partial charge >= 0.3 is 5.97 Å². The van der Waals surface area contributed by atoms with Gasteiger partial charge < -0.3 is 9.15 Å². The van der Waals surface area contributed by atoms with Crippen LogP contribution < -0.4 is 0 Å². The van der Waals surface area contributed by atoms with E-state index in [9.17, 15) is 4.79 Å². The van der Waals surface area contributed by atoms with Gasteiger partial charge in [-0.25, -0.2) is 4.98 Å². The molecule has 0 amide bonds. The second kappa shape index (κ2) is 4.57. The first kappa shape index (κ1) is 11.6. The zero-order valence-electron chi connectivity index (χ0n) is 10.2. The van der Waals surface area contributed by atoms with Crippen molar-refractivity contribution >= 4 is 17.1 Å². The highest BCUT2D eigenvalue weighted by molar-refractivity contribution is 5.77. The van der Waals surface area contributed by atoms with Gasteiger partial charge in [-0.1, -0.05) is 19.9 Å². The number of fused-ring (bicyclic) bond motifs is 1. The van der Waals surface area contributed by atoms with Crippen LogP contribution in [0.3, 0.4) is 0 Å². The zero-order chi connectivity index (χ0) is 12.4. The van der Waals surface area contributed by atoms with Crippen LogP contribution in [0.4, 0.5) is 0 Å². The number of hydrogen-bond donors (Lipinski definition) is 0.